The van der Waals surface area contributed by atoms with E-state index in [4.69, 9.17) is 0 Å². The number of fused-ring (bicyclic) bond motifs is 10. The summed E-state index contributed by atoms with van der Waals surface area (Å²) in [6, 6.07) is 98.2. The van der Waals surface area contributed by atoms with Gasteiger partial charge in [-0.15, -0.1) is 23.5 Å². The normalized spacial score (nSPS) is 12.3. The molecule has 0 N–H and O–H groups in total. The highest BCUT2D eigenvalue weighted by Gasteiger charge is 2.24. The lowest BCUT2D eigenvalue weighted by atomic mass is 9.83. The molecule has 0 amide bonds. The van der Waals surface area contributed by atoms with Crippen molar-refractivity contribution in [1.82, 2.24) is 9.13 Å². The van der Waals surface area contributed by atoms with Crippen LogP contribution in [0.2, 0.25) is 0 Å². The molecule has 2 heterocycles. The van der Waals surface area contributed by atoms with Gasteiger partial charge in [-0.05, 0) is 232 Å². The maximum atomic E-state index is 2.45. The second kappa shape index (κ2) is 24.3. The van der Waals surface area contributed by atoms with Gasteiger partial charge in [-0.25, -0.2) is 0 Å². The van der Waals surface area contributed by atoms with Gasteiger partial charge in [0.25, 0.3) is 0 Å². The first kappa shape index (κ1) is 62.5. The first-order chi connectivity index (χ1) is 46.2. The summed E-state index contributed by atoms with van der Waals surface area (Å²) >= 11 is 3.59. The Hall–Kier alpha value is -9.58. The Morgan fingerprint density at radius 3 is 0.792 bits per heavy atom. The fourth-order valence-electron chi connectivity index (χ4n) is 15.1. The first-order valence-electron chi connectivity index (χ1n) is 33.8. The first-order valence-corrected chi connectivity index (χ1v) is 36.2. The van der Waals surface area contributed by atoms with Gasteiger partial charge in [0.05, 0.1) is 22.1 Å². The maximum Gasteiger partial charge on any atom is 0.0541 e. The molecule has 0 unspecified atom stereocenters. The third kappa shape index (κ3) is 11.1. The average molecular weight is 1280 g/mol. The molecule has 16 aromatic rings. The fraction of sp³-hybridized carbons (Fsp3) is 0.174. The maximum absolute atomic E-state index is 2.45. The van der Waals surface area contributed by atoms with Crippen LogP contribution in [0.15, 0.2) is 271 Å². The van der Waals surface area contributed by atoms with Gasteiger partial charge in [-0.1, -0.05) is 249 Å². The van der Waals surface area contributed by atoms with Crippen LogP contribution in [0.1, 0.15) is 90.1 Å². The van der Waals surface area contributed by atoms with Gasteiger partial charge < -0.3 is 9.13 Å². The van der Waals surface area contributed by atoms with Crippen molar-refractivity contribution in [2.75, 3.05) is 12.5 Å². The van der Waals surface area contributed by atoms with Crippen LogP contribution in [0.4, 0.5) is 0 Å². The van der Waals surface area contributed by atoms with E-state index in [1.165, 1.54) is 180 Å². The lowest BCUT2D eigenvalue weighted by Crippen LogP contribution is -2.10. The highest BCUT2D eigenvalue weighted by molar-refractivity contribution is 7.98. The molecule has 0 aliphatic heterocycles. The van der Waals surface area contributed by atoms with Gasteiger partial charge in [-0.2, -0.15) is 0 Å². The van der Waals surface area contributed by atoms with Crippen LogP contribution < -0.4 is 0 Å². The minimum absolute atomic E-state index is 0.0723. The Labute approximate surface area is 574 Å². The molecular weight excluding hydrogens is 1200 g/mol. The van der Waals surface area contributed by atoms with Crippen molar-refractivity contribution in [2.45, 2.75) is 102 Å². The molecule has 4 heteroatoms. The lowest BCUT2D eigenvalue weighted by Gasteiger charge is -2.21. The van der Waals surface area contributed by atoms with Gasteiger partial charge >= 0.3 is 0 Å². The Balaban J connectivity index is 0.000000159. The smallest absolute Gasteiger partial charge is 0.0541 e. The Bertz CT molecular complexity index is 5450. The number of nitrogens with zero attached hydrogens (tertiary/aromatic N) is 2. The van der Waals surface area contributed by atoms with Crippen molar-refractivity contribution in [3.05, 3.63) is 289 Å². The Kier molecular flexibility index (Phi) is 15.8. The van der Waals surface area contributed by atoms with Crippen molar-refractivity contribution in [1.29, 1.82) is 0 Å². The highest BCUT2D eigenvalue weighted by atomic mass is 32.2. The molecule has 0 saturated heterocycles. The Morgan fingerprint density at radius 2 is 0.500 bits per heavy atom. The van der Waals surface area contributed by atoms with E-state index in [2.05, 4.69) is 359 Å². The molecule has 96 heavy (non-hydrogen) atoms. The van der Waals surface area contributed by atoms with E-state index in [9.17, 15) is 0 Å². The molecule has 0 fully saturated rings. The summed E-state index contributed by atoms with van der Waals surface area (Å²) in [5.74, 6) is 0. The lowest BCUT2D eigenvalue weighted by molar-refractivity contribution is 0.590. The molecule has 0 bridgehead atoms. The third-order valence-electron chi connectivity index (χ3n) is 19.9. The summed E-state index contributed by atoms with van der Waals surface area (Å²) in [4.78, 5) is 2.57. The quantitative estimate of drug-likeness (QED) is 0.111. The molecule has 16 rings (SSSR count). The molecule has 0 aliphatic carbocycles. The van der Waals surface area contributed by atoms with E-state index in [1.54, 1.807) is 23.5 Å². The van der Waals surface area contributed by atoms with Crippen molar-refractivity contribution in [2.24, 2.45) is 0 Å². The molecule has 0 atom stereocenters. The highest BCUT2D eigenvalue weighted by Crippen LogP contribution is 2.48. The summed E-state index contributed by atoms with van der Waals surface area (Å²) in [5, 5.41) is 15.5. The van der Waals surface area contributed by atoms with Gasteiger partial charge in [0.15, 0.2) is 0 Å². The van der Waals surface area contributed by atoms with Crippen LogP contribution in [-0.2, 0) is 16.2 Å². The second-order valence-corrected chi connectivity index (χ2v) is 31.1. The van der Waals surface area contributed by atoms with Crippen LogP contribution in [0.3, 0.4) is 0 Å². The number of aromatic nitrogens is 2. The number of hydrogen-bond acceptors (Lipinski definition) is 2. The largest absolute Gasteiger partial charge is 0.309 e. The van der Waals surface area contributed by atoms with Gasteiger partial charge in [0, 0.05) is 42.7 Å². The van der Waals surface area contributed by atoms with E-state index in [1.807, 2.05) is 0 Å². The van der Waals surface area contributed by atoms with E-state index in [-0.39, 0.29) is 16.2 Å². The van der Waals surface area contributed by atoms with Crippen molar-refractivity contribution in [3.63, 3.8) is 0 Å². The van der Waals surface area contributed by atoms with Crippen LogP contribution in [0.25, 0.3) is 143 Å². The predicted octanol–water partition coefficient (Wildman–Crippen LogP) is 26.8. The van der Waals surface area contributed by atoms with Gasteiger partial charge in [0.2, 0.25) is 0 Å². The number of hydrogen-bond donors (Lipinski definition) is 0. The molecule has 472 valence electrons. The standard InChI is InChI=1S/C50H49N.C42H33NS2/c1-48(2,3)34-22-18-32(19-23-34)46-38-14-10-12-16-40(38)47(41-17-13-11-15-39(41)46)33-20-26-37(27-21-33)51-44-28-24-35(49(4,5)6)30-42(44)43-31-36(50(7,8)9)25-29-45(43)51;1-26-21-27(2)23-29(22-26)42-35-11-7-5-9-33(35)41(34-10-6-8-12-36(34)42)28-13-15-30(16-14-28)43-39-19-17-31(44-3)24-37(39)38-25-32(45-4)18-20-40(38)43/h10-31H,1-9H3;5-25H,1-4H3. The molecule has 0 aliphatic rings. The van der Waals surface area contributed by atoms with Crippen molar-refractivity contribution < 1.29 is 0 Å². The molecule has 0 radical (unpaired) electrons. The molecule has 14 aromatic carbocycles. The number of benzene rings is 14. The van der Waals surface area contributed by atoms with Crippen molar-refractivity contribution >= 4 is 110 Å². The van der Waals surface area contributed by atoms with Crippen molar-refractivity contribution in [3.8, 4) is 55.9 Å². The topological polar surface area (TPSA) is 9.86 Å². The molecule has 0 saturated carbocycles. The fourth-order valence-corrected chi connectivity index (χ4v) is 15.9. The molecule has 0 spiro atoms. The SMILES string of the molecule is CC(C)(C)c1ccc(-c2c3ccccc3c(-c3ccc(-n4c5ccc(C(C)(C)C)cc5c5cc(C(C)(C)C)ccc54)cc3)c3ccccc23)cc1.CSc1ccc2c(c1)c1cc(SC)ccc1n2-c1ccc(-c2c3ccccc3c(-c3cc(C)cc(C)c3)c3ccccc23)cc1. The summed E-state index contributed by atoms with van der Waals surface area (Å²) in [6.45, 7) is 25.0. The van der Waals surface area contributed by atoms with E-state index in [0.717, 1.165) is 0 Å². The summed E-state index contributed by atoms with van der Waals surface area (Å²) < 4.78 is 4.87. The second-order valence-electron chi connectivity index (χ2n) is 29.4. The molecular formula is C92H82N2S2. The summed E-state index contributed by atoms with van der Waals surface area (Å²) in [7, 11) is 0. The van der Waals surface area contributed by atoms with Gasteiger partial charge in [0.1, 0.15) is 0 Å². The molecule has 2 nitrogen and oxygen atoms in total. The monoisotopic (exact) mass is 1280 g/mol. The summed E-state index contributed by atoms with van der Waals surface area (Å²) in [5.41, 5.74) is 24.4. The zero-order valence-electron chi connectivity index (χ0n) is 57.5. The van der Waals surface area contributed by atoms with E-state index < -0.39 is 0 Å². The Morgan fingerprint density at radius 1 is 0.240 bits per heavy atom. The van der Waals surface area contributed by atoms with E-state index in [0.29, 0.717) is 0 Å². The average Bonchev–Trinajstić information content (AvgIpc) is 1.46. The van der Waals surface area contributed by atoms with Crippen LogP contribution >= 0.6 is 23.5 Å². The number of thioether (sulfide) groups is 2. The van der Waals surface area contributed by atoms with E-state index >= 15 is 0 Å². The minimum atomic E-state index is 0.0723. The number of aryl methyl sites for hydroxylation is 2. The van der Waals surface area contributed by atoms with Crippen LogP contribution in [0, 0.1) is 13.8 Å². The zero-order chi connectivity index (χ0) is 66.5. The minimum Gasteiger partial charge on any atom is -0.309 e. The third-order valence-corrected chi connectivity index (χ3v) is 21.4. The zero-order valence-corrected chi connectivity index (χ0v) is 59.2. The summed E-state index contributed by atoms with van der Waals surface area (Å²) in [6.07, 6.45) is 4.29. The van der Waals surface area contributed by atoms with Crippen LogP contribution in [0.5, 0.6) is 0 Å². The van der Waals surface area contributed by atoms with Crippen LogP contribution in [-0.4, -0.2) is 21.6 Å². The molecule has 2 aromatic heterocycles. The predicted molar refractivity (Wildman–Crippen MR) is 422 cm³/mol. The number of rotatable bonds is 8. The van der Waals surface area contributed by atoms with Gasteiger partial charge in [-0.3, -0.25) is 0 Å².